The van der Waals surface area contributed by atoms with Crippen LogP contribution in [0.5, 0.6) is 0 Å². The lowest BCUT2D eigenvalue weighted by Gasteiger charge is -2.06. The SMILES string of the molecule is CC1=C(Br)C(=O)OC1CC(=O)O. The lowest BCUT2D eigenvalue weighted by atomic mass is 10.1. The number of esters is 1. The molecule has 0 spiro atoms. The van der Waals surface area contributed by atoms with Crippen LogP contribution in [0.1, 0.15) is 13.3 Å². The van der Waals surface area contributed by atoms with Crippen molar-refractivity contribution in [3.05, 3.63) is 10.1 Å². The van der Waals surface area contributed by atoms with Crippen LogP contribution in [-0.2, 0) is 14.3 Å². The molecule has 1 aliphatic rings. The average Bonchev–Trinajstić information content (AvgIpc) is 2.17. The number of carbonyl (C=O) groups is 2. The molecule has 0 saturated carbocycles. The number of carboxylic acid groups (broad SMARTS) is 1. The minimum Gasteiger partial charge on any atom is -0.481 e. The van der Waals surface area contributed by atoms with E-state index in [4.69, 9.17) is 9.84 Å². The van der Waals surface area contributed by atoms with Gasteiger partial charge in [-0.25, -0.2) is 4.79 Å². The average molecular weight is 235 g/mol. The van der Waals surface area contributed by atoms with Gasteiger partial charge in [0.05, 0.1) is 6.42 Å². The van der Waals surface area contributed by atoms with Gasteiger partial charge >= 0.3 is 11.9 Å². The normalized spacial score (nSPS) is 22.8. The summed E-state index contributed by atoms with van der Waals surface area (Å²) in [5, 5.41) is 8.43. The zero-order chi connectivity index (χ0) is 9.30. The quantitative estimate of drug-likeness (QED) is 0.726. The Hall–Kier alpha value is -0.840. The molecule has 0 aliphatic carbocycles. The van der Waals surface area contributed by atoms with Crippen LogP contribution in [0.15, 0.2) is 10.1 Å². The zero-order valence-corrected chi connectivity index (χ0v) is 7.92. The molecule has 66 valence electrons. The highest BCUT2D eigenvalue weighted by Crippen LogP contribution is 2.28. The van der Waals surface area contributed by atoms with E-state index in [-0.39, 0.29) is 6.42 Å². The van der Waals surface area contributed by atoms with Gasteiger partial charge in [-0.2, -0.15) is 0 Å². The van der Waals surface area contributed by atoms with Gasteiger partial charge in [0.2, 0.25) is 0 Å². The second-order valence-electron chi connectivity index (χ2n) is 2.49. The van der Waals surface area contributed by atoms with Crippen molar-refractivity contribution in [2.45, 2.75) is 19.4 Å². The number of hydrogen-bond acceptors (Lipinski definition) is 3. The minimum absolute atomic E-state index is 0.174. The zero-order valence-electron chi connectivity index (χ0n) is 6.33. The number of carboxylic acids is 1. The van der Waals surface area contributed by atoms with Crippen LogP contribution < -0.4 is 0 Å². The predicted octanol–water partition coefficient (Wildman–Crippen LogP) is 1.06. The fourth-order valence-corrected chi connectivity index (χ4v) is 1.27. The molecule has 0 bridgehead atoms. The summed E-state index contributed by atoms with van der Waals surface area (Å²) in [5.74, 6) is -1.46. The lowest BCUT2D eigenvalue weighted by molar-refractivity contribution is -0.144. The molecule has 1 N–H and O–H groups in total. The van der Waals surface area contributed by atoms with Crippen molar-refractivity contribution in [3.8, 4) is 0 Å². The van der Waals surface area contributed by atoms with Crippen molar-refractivity contribution in [2.75, 3.05) is 0 Å². The molecule has 1 unspecified atom stereocenters. The number of ether oxygens (including phenoxy) is 1. The van der Waals surface area contributed by atoms with Crippen LogP contribution in [0.2, 0.25) is 0 Å². The Morgan fingerprint density at radius 1 is 1.75 bits per heavy atom. The maximum Gasteiger partial charge on any atom is 0.345 e. The summed E-state index contributed by atoms with van der Waals surface area (Å²) in [7, 11) is 0. The monoisotopic (exact) mass is 234 g/mol. The van der Waals surface area contributed by atoms with Crippen molar-refractivity contribution >= 4 is 27.9 Å². The molecule has 0 aromatic carbocycles. The van der Waals surface area contributed by atoms with Crippen LogP contribution in [0, 0.1) is 0 Å². The van der Waals surface area contributed by atoms with Gasteiger partial charge in [0.1, 0.15) is 10.6 Å². The Labute approximate surface area is 77.3 Å². The molecule has 0 radical (unpaired) electrons. The summed E-state index contributed by atoms with van der Waals surface area (Å²) < 4.78 is 5.10. The van der Waals surface area contributed by atoms with Gasteiger partial charge in [-0.15, -0.1) is 0 Å². The molecule has 1 rings (SSSR count). The van der Waals surface area contributed by atoms with Gasteiger partial charge in [-0.1, -0.05) is 0 Å². The van der Waals surface area contributed by atoms with Crippen molar-refractivity contribution in [2.24, 2.45) is 0 Å². The highest BCUT2D eigenvalue weighted by atomic mass is 79.9. The van der Waals surface area contributed by atoms with E-state index >= 15 is 0 Å². The van der Waals surface area contributed by atoms with Gasteiger partial charge in [-0.05, 0) is 28.4 Å². The highest BCUT2D eigenvalue weighted by molar-refractivity contribution is 9.12. The van der Waals surface area contributed by atoms with E-state index in [2.05, 4.69) is 15.9 Å². The van der Waals surface area contributed by atoms with Crippen LogP contribution in [0.3, 0.4) is 0 Å². The molecule has 0 fully saturated rings. The van der Waals surface area contributed by atoms with Crippen LogP contribution >= 0.6 is 15.9 Å². The van der Waals surface area contributed by atoms with Crippen molar-refractivity contribution < 1.29 is 19.4 Å². The Balaban J connectivity index is 2.73. The van der Waals surface area contributed by atoms with E-state index in [1.807, 2.05) is 0 Å². The second-order valence-corrected chi connectivity index (χ2v) is 3.28. The standard InChI is InChI=1S/C7H7BrO4/c1-3-4(2-5(9)10)12-7(11)6(3)8/h4H,2H2,1H3,(H,9,10). The van der Waals surface area contributed by atoms with E-state index < -0.39 is 18.0 Å². The Kier molecular flexibility index (Phi) is 2.52. The summed E-state index contributed by atoms with van der Waals surface area (Å²) in [6, 6.07) is 0. The molecule has 1 aliphatic heterocycles. The Morgan fingerprint density at radius 3 is 2.67 bits per heavy atom. The predicted molar refractivity (Wildman–Crippen MR) is 43.8 cm³/mol. The van der Waals surface area contributed by atoms with E-state index in [9.17, 15) is 9.59 Å². The first-order chi connectivity index (χ1) is 5.52. The lowest BCUT2D eigenvalue weighted by Crippen LogP contribution is -2.15. The fourth-order valence-electron chi connectivity index (χ4n) is 0.925. The largest absolute Gasteiger partial charge is 0.481 e. The molecule has 1 heterocycles. The summed E-state index contributed by atoms with van der Waals surface area (Å²) in [4.78, 5) is 21.1. The third kappa shape index (κ3) is 1.66. The molecular weight excluding hydrogens is 228 g/mol. The van der Waals surface area contributed by atoms with E-state index in [1.54, 1.807) is 6.92 Å². The Bertz CT molecular complexity index is 269. The smallest absolute Gasteiger partial charge is 0.345 e. The van der Waals surface area contributed by atoms with Gasteiger partial charge in [0, 0.05) is 0 Å². The molecular formula is C7H7BrO4. The third-order valence-corrected chi connectivity index (χ3v) is 2.57. The molecule has 1 atom stereocenters. The summed E-state index contributed by atoms with van der Waals surface area (Å²) in [6.07, 6.45) is -0.781. The molecule has 0 amide bonds. The van der Waals surface area contributed by atoms with Crippen LogP contribution in [0.25, 0.3) is 0 Å². The fraction of sp³-hybridized carbons (Fsp3) is 0.429. The summed E-state index contributed by atoms with van der Waals surface area (Å²) >= 11 is 3.01. The van der Waals surface area contributed by atoms with E-state index in [1.165, 1.54) is 0 Å². The second kappa shape index (κ2) is 3.26. The minimum atomic E-state index is -0.977. The highest BCUT2D eigenvalue weighted by Gasteiger charge is 2.31. The Morgan fingerprint density at radius 2 is 2.33 bits per heavy atom. The maximum absolute atomic E-state index is 10.9. The molecule has 0 aromatic heterocycles. The van der Waals surface area contributed by atoms with Gasteiger partial charge in [-0.3, -0.25) is 4.79 Å². The molecule has 5 heteroatoms. The molecule has 4 nitrogen and oxygen atoms in total. The van der Waals surface area contributed by atoms with Gasteiger partial charge in [0.25, 0.3) is 0 Å². The first-order valence-corrected chi connectivity index (χ1v) is 4.10. The van der Waals surface area contributed by atoms with Crippen LogP contribution in [0.4, 0.5) is 0 Å². The first-order valence-electron chi connectivity index (χ1n) is 3.31. The summed E-state index contributed by atoms with van der Waals surface area (Å²) in [6.45, 7) is 1.67. The van der Waals surface area contributed by atoms with E-state index in [0.717, 1.165) is 0 Å². The van der Waals surface area contributed by atoms with Crippen molar-refractivity contribution in [1.82, 2.24) is 0 Å². The number of rotatable bonds is 2. The summed E-state index contributed by atoms with van der Waals surface area (Å²) in [5.41, 5.74) is 0.641. The van der Waals surface area contributed by atoms with E-state index in [0.29, 0.717) is 10.1 Å². The maximum atomic E-state index is 10.9. The molecule has 0 saturated heterocycles. The molecule has 0 aromatic rings. The van der Waals surface area contributed by atoms with Crippen molar-refractivity contribution in [3.63, 3.8) is 0 Å². The number of carbonyl (C=O) groups excluding carboxylic acids is 1. The number of aliphatic carboxylic acids is 1. The number of halogens is 1. The van der Waals surface area contributed by atoms with Gasteiger partial charge in [0.15, 0.2) is 0 Å². The first kappa shape index (κ1) is 9.25. The third-order valence-electron chi connectivity index (χ3n) is 1.62. The van der Waals surface area contributed by atoms with Gasteiger partial charge < -0.3 is 9.84 Å². The molecule has 12 heavy (non-hydrogen) atoms. The topological polar surface area (TPSA) is 63.6 Å². The number of cyclic esters (lactones) is 1. The number of hydrogen-bond donors (Lipinski definition) is 1. The van der Waals surface area contributed by atoms with Crippen LogP contribution in [-0.4, -0.2) is 23.1 Å². The van der Waals surface area contributed by atoms with Crippen molar-refractivity contribution in [1.29, 1.82) is 0 Å².